The molecule has 0 bridgehead atoms. The highest BCUT2D eigenvalue weighted by molar-refractivity contribution is 6.06. The Kier molecular flexibility index (Phi) is 6.24. The van der Waals surface area contributed by atoms with Gasteiger partial charge in [0, 0.05) is 51.4 Å². The van der Waals surface area contributed by atoms with Crippen molar-refractivity contribution in [2.24, 2.45) is 0 Å². The van der Waals surface area contributed by atoms with E-state index in [0.29, 0.717) is 45.0 Å². The average molecular weight is 445 g/mol. The van der Waals surface area contributed by atoms with Crippen molar-refractivity contribution in [3.63, 3.8) is 0 Å². The van der Waals surface area contributed by atoms with Gasteiger partial charge in [0.2, 0.25) is 11.8 Å². The van der Waals surface area contributed by atoms with E-state index in [4.69, 9.17) is 0 Å². The maximum Gasteiger partial charge on any atom is 0.416 e. The van der Waals surface area contributed by atoms with Crippen molar-refractivity contribution >= 4 is 17.5 Å². The summed E-state index contributed by atoms with van der Waals surface area (Å²) in [6.07, 6.45) is -4.16. The molecule has 0 N–H and O–H groups in total. The quantitative estimate of drug-likeness (QED) is 0.659. The van der Waals surface area contributed by atoms with E-state index in [-0.39, 0.29) is 18.2 Å². The molecule has 0 radical (unpaired) electrons. The fourth-order valence-electron chi connectivity index (χ4n) is 4.49. The van der Waals surface area contributed by atoms with Crippen LogP contribution in [0.2, 0.25) is 0 Å². The first-order valence-electron chi connectivity index (χ1n) is 10.8. The topological polar surface area (TPSA) is 43.9 Å². The van der Waals surface area contributed by atoms with E-state index in [0.717, 1.165) is 17.2 Å². The third-order valence-corrected chi connectivity index (χ3v) is 6.36. The molecule has 4 rings (SSSR count). The Bertz CT molecular complexity index is 1000. The van der Waals surface area contributed by atoms with Crippen LogP contribution in [-0.4, -0.2) is 60.9 Å². The Morgan fingerprint density at radius 2 is 1.66 bits per heavy atom. The summed E-state index contributed by atoms with van der Waals surface area (Å²) in [5, 5.41) is 0. The summed E-state index contributed by atoms with van der Waals surface area (Å²) in [4.78, 5) is 30.8. The van der Waals surface area contributed by atoms with Crippen molar-refractivity contribution in [2.75, 3.05) is 44.2 Å². The number of piperazine rings is 1. The number of imide groups is 1. The van der Waals surface area contributed by atoms with Crippen molar-refractivity contribution in [1.82, 2.24) is 9.80 Å². The summed E-state index contributed by atoms with van der Waals surface area (Å²) in [6.45, 7) is 5.35. The van der Waals surface area contributed by atoms with Gasteiger partial charge < -0.3 is 4.90 Å². The van der Waals surface area contributed by atoms with E-state index >= 15 is 0 Å². The summed E-state index contributed by atoms with van der Waals surface area (Å²) in [6, 6.07) is 13.0. The molecule has 2 heterocycles. The minimum atomic E-state index is -4.36. The van der Waals surface area contributed by atoms with Crippen LogP contribution in [0.5, 0.6) is 0 Å². The standard InChI is InChI=1S/C24H26F3N3O2/c1-17-5-2-3-8-20(17)21-16-22(31)30(23(21)32)14-11-28-9-12-29(13-10-28)19-7-4-6-18(15-19)24(25,26)27/h2-8,15,21H,9-14,16H2,1H3. The van der Waals surface area contributed by atoms with Gasteiger partial charge in [-0.15, -0.1) is 0 Å². The van der Waals surface area contributed by atoms with E-state index in [9.17, 15) is 22.8 Å². The van der Waals surface area contributed by atoms with Crippen LogP contribution in [0.15, 0.2) is 48.5 Å². The van der Waals surface area contributed by atoms with Crippen LogP contribution in [0.25, 0.3) is 0 Å². The first kappa shape index (κ1) is 22.3. The number of carbonyl (C=O) groups is 2. The number of aryl methyl sites for hydroxylation is 1. The van der Waals surface area contributed by atoms with Crippen molar-refractivity contribution in [1.29, 1.82) is 0 Å². The maximum atomic E-state index is 13.0. The molecule has 0 aliphatic carbocycles. The number of amides is 2. The van der Waals surface area contributed by atoms with Crippen LogP contribution in [0.3, 0.4) is 0 Å². The third kappa shape index (κ3) is 4.65. The highest BCUT2D eigenvalue weighted by Crippen LogP contribution is 2.33. The van der Waals surface area contributed by atoms with Crippen LogP contribution in [-0.2, 0) is 15.8 Å². The molecule has 2 fully saturated rings. The molecule has 0 saturated carbocycles. The van der Waals surface area contributed by atoms with Gasteiger partial charge in [0.25, 0.3) is 0 Å². The molecule has 0 aromatic heterocycles. The Hall–Kier alpha value is -2.87. The molecule has 2 amide bonds. The summed E-state index contributed by atoms with van der Waals surface area (Å²) in [7, 11) is 0. The largest absolute Gasteiger partial charge is 0.416 e. The molecule has 0 spiro atoms. The van der Waals surface area contributed by atoms with Crippen LogP contribution >= 0.6 is 0 Å². The fraction of sp³-hybridized carbons (Fsp3) is 0.417. The molecule has 1 unspecified atom stereocenters. The molecule has 2 saturated heterocycles. The average Bonchev–Trinajstić information content (AvgIpc) is 3.05. The van der Waals surface area contributed by atoms with Gasteiger partial charge in [0.05, 0.1) is 11.5 Å². The first-order valence-corrected chi connectivity index (χ1v) is 10.8. The predicted molar refractivity (Wildman–Crippen MR) is 115 cm³/mol. The number of rotatable bonds is 5. The van der Waals surface area contributed by atoms with E-state index < -0.39 is 17.7 Å². The van der Waals surface area contributed by atoms with Crippen molar-refractivity contribution in [3.05, 3.63) is 65.2 Å². The highest BCUT2D eigenvalue weighted by Gasteiger charge is 2.40. The smallest absolute Gasteiger partial charge is 0.369 e. The molecule has 5 nitrogen and oxygen atoms in total. The van der Waals surface area contributed by atoms with Crippen LogP contribution in [0, 0.1) is 6.92 Å². The molecule has 2 aliphatic heterocycles. The zero-order valence-electron chi connectivity index (χ0n) is 17.9. The number of hydrogen-bond donors (Lipinski definition) is 0. The minimum Gasteiger partial charge on any atom is -0.369 e. The lowest BCUT2D eigenvalue weighted by Crippen LogP contribution is -2.49. The molecule has 2 aromatic rings. The first-order chi connectivity index (χ1) is 15.2. The monoisotopic (exact) mass is 445 g/mol. The van der Waals surface area contributed by atoms with Crippen molar-refractivity contribution in [2.45, 2.75) is 25.4 Å². The van der Waals surface area contributed by atoms with Gasteiger partial charge in [-0.3, -0.25) is 19.4 Å². The number of nitrogens with zero attached hydrogens (tertiary/aromatic N) is 3. The van der Waals surface area contributed by atoms with Gasteiger partial charge in [0.1, 0.15) is 0 Å². The molecular weight excluding hydrogens is 419 g/mol. The second kappa shape index (κ2) is 8.94. The fourth-order valence-corrected chi connectivity index (χ4v) is 4.49. The Morgan fingerprint density at radius 3 is 2.34 bits per heavy atom. The van der Waals surface area contributed by atoms with Crippen molar-refractivity contribution < 1.29 is 22.8 Å². The van der Waals surface area contributed by atoms with E-state index in [1.807, 2.05) is 36.1 Å². The highest BCUT2D eigenvalue weighted by atomic mass is 19.4. The number of carbonyl (C=O) groups excluding carboxylic acids is 2. The number of hydrogen-bond acceptors (Lipinski definition) is 4. The minimum absolute atomic E-state index is 0.146. The lowest BCUT2D eigenvalue weighted by Gasteiger charge is -2.36. The van der Waals surface area contributed by atoms with Gasteiger partial charge in [0.15, 0.2) is 0 Å². The number of halogens is 3. The van der Waals surface area contributed by atoms with Gasteiger partial charge in [-0.1, -0.05) is 30.3 Å². The number of anilines is 1. The van der Waals surface area contributed by atoms with Crippen LogP contribution in [0.4, 0.5) is 18.9 Å². The Balaban J connectivity index is 1.31. The molecule has 170 valence electrons. The Morgan fingerprint density at radius 1 is 0.938 bits per heavy atom. The molecule has 2 aliphatic rings. The van der Waals surface area contributed by atoms with E-state index in [2.05, 4.69) is 4.90 Å². The van der Waals surface area contributed by atoms with Gasteiger partial charge in [-0.05, 0) is 36.2 Å². The molecule has 1 atom stereocenters. The number of benzene rings is 2. The molecule has 8 heteroatoms. The second-order valence-electron chi connectivity index (χ2n) is 8.37. The normalized spacial score (nSPS) is 20.3. The summed E-state index contributed by atoms with van der Waals surface area (Å²) in [5.74, 6) is -0.709. The van der Waals surface area contributed by atoms with Crippen LogP contribution < -0.4 is 4.90 Å². The van der Waals surface area contributed by atoms with Gasteiger partial charge in [-0.2, -0.15) is 13.2 Å². The maximum absolute atomic E-state index is 13.0. The molecular formula is C24H26F3N3O2. The van der Waals surface area contributed by atoms with Crippen molar-refractivity contribution in [3.8, 4) is 0 Å². The number of likely N-dealkylation sites (tertiary alicyclic amines) is 1. The van der Waals surface area contributed by atoms with E-state index in [1.54, 1.807) is 6.07 Å². The predicted octanol–water partition coefficient (Wildman–Crippen LogP) is 3.68. The van der Waals surface area contributed by atoms with Gasteiger partial charge in [-0.25, -0.2) is 0 Å². The van der Waals surface area contributed by atoms with Gasteiger partial charge >= 0.3 is 6.18 Å². The Labute approximate surface area is 185 Å². The zero-order chi connectivity index (χ0) is 22.9. The summed E-state index contributed by atoms with van der Waals surface area (Å²) >= 11 is 0. The summed E-state index contributed by atoms with van der Waals surface area (Å²) in [5.41, 5.74) is 1.83. The molecule has 32 heavy (non-hydrogen) atoms. The lowest BCUT2D eigenvalue weighted by molar-refractivity contribution is -0.139. The van der Waals surface area contributed by atoms with Crippen LogP contribution in [0.1, 0.15) is 29.0 Å². The lowest BCUT2D eigenvalue weighted by atomic mass is 9.93. The second-order valence-corrected chi connectivity index (χ2v) is 8.37. The zero-order valence-corrected chi connectivity index (χ0v) is 17.9. The summed E-state index contributed by atoms with van der Waals surface area (Å²) < 4.78 is 38.9. The van der Waals surface area contributed by atoms with E-state index in [1.165, 1.54) is 17.0 Å². The molecule has 2 aromatic carbocycles. The number of alkyl halides is 3. The third-order valence-electron chi connectivity index (χ3n) is 6.36. The SMILES string of the molecule is Cc1ccccc1C1CC(=O)N(CCN2CCN(c3cccc(C(F)(F)F)c3)CC2)C1=O.